The average molecular weight is 204 g/mol. The summed E-state index contributed by atoms with van der Waals surface area (Å²) in [5.41, 5.74) is 1.49. The van der Waals surface area contributed by atoms with E-state index in [1.54, 1.807) is 0 Å². The normalized spacial score (nSPS) is 20.1. The van der Waals surface area contributed by atoms with E-state index >= 15 is 0 Å². The molecule has 0 aromatic heterocycles. The van der Waals surface area contributed by atoms with Gasteiger partial charge >= 0.3 is 0 Å². The lowest BCUT2D eigenvalue weighted by molar-refractivity contribution is -0.913. The quantitative estimate of drug-likeness (QED) is 0.664. The molecule has 2 rings (SSSR count). The molecule has 0 unspecified atom stereocenters. The number of quaternary nitrogens is 1. The van der Waals surface area contributed by atoms with Gasteiger partial charge in [-0.25, -0.2) is 0 Å². The summed E-state index contributed by atoms with van der Waals surface area (Å²) in [6, 6.07) is 10.9. The highest BCUT2D eigenvalue weighted by Gasteiger charge is 2.23. The molecule has 1 aliphatic rings. The van der Waals surface area contributed by atoms with Crippen molar-refractivity contribution in [1.29, 1.82) is 0 Å². The molecule has 0 amide bonds. The van der Waals surface area contributed by atoms with Crippen molar-refractivity contribution in [3.63, 3.8) is 0 Å². The van der Waals surface area contributed by atoms with Gasteiger partial charge in [0, 0.05) is 6.42 Å². The van der Waals surface area contributed by atoms with Crippen LogP contribution < -0.4 is 0 Å². The lowest BCUT2D eigenvalue weighted by Gasteiger charge is -2.37. The van der Waals surface area contributed by atoms with Crippen LogP contribution in [0.2, 0.25) is 0 Å². The van der Waals surface area contributed by atoms with Crippen molar-refractivity contribution in [3.8, 4) is 0 Å². The molecule has 0 aliphatic carbocycles. The summed E-state index contributed by atoms with van der Waals surface area (Å²) in [6.45, 7) is 4.07. The number of piperidine rings is 1. The van der Waals surface area contributed by atoms with Crippen molar-refractivity contribution in [2.45, 2.75) is 25.7 Å². The first-order valence-corrected chi connectivity index (χ1v) is 6.16. The summed E-state index contributed by atoms with van der Waals surface area (Å²) < 4.78 is 1.29. The van der Waals surface area contributed by atoms with Crippen LogP contribution in [0.15, 0.2) is 30.3 Å². The van der Waals surface area contributed by atoms with Crippen molar-refractivity contribution in [2.24, 2.45) is 0 Å². The Labute approximate surface area is 93.3 Å². The monoisotopic (exact) mass is 204 g/mol. The predicted molar refractivity (Wildman–Crippen MR) is 64.8 cm³/mol. The van der Waals surface area contributed by atoms with Gasteiger partial charge in [0.15, 0.2) is 0 Å². The molecule has 1 aromatic rings. The predicted octanol–water partition coefficient (Wildman–Crippen LogP) is 2.86. The third kappa shape index (κ3) is 3.07. The fraction of sp³-hybridized carbons (Fsp3) is 0.571. The maximum absolute atomic E-state index is 2.42. The fourth-order valence-corrected chi connectivity index (χ4v) is 2.54. The van der Waals surface area contributed by atoms with Gasteiger partial charge in [-0.05, 0) is 24.8 Å². The number of rotatable bonds is 3. The Balaban J connectivity index is 1.87. The van der Waals surface area contributed by atoms with Crippen molar-refractivity contribution in [1.82, 2.24) is 0 Å². The first-order valence-electron chi connectivity index (χ1n) is 6.16. The molecule has 0 atom stereocenters. The molecule has 1 saturated heterocycles. The molecular weight excluding hydrogens is 182 g/mol. The minimum absolute atomic E-state index is 1.23. The number of nitrogens with zero attached hydrogens (tertiary/aromatic N) is 1. The van der Waals surface area contributed by atoms with Crippen molar-refractivity contribution in [3.05, 3.63) is 35.9 Å². The maximum Gasteiger partial charge on any atom is 0.0825 e. The van der Waals surface area contributed by atoms with E-state index in [0.29, 0.717) is 0 Å². The minimum Gasteiger partial charge on any atom is -0.326 e. The fourth-order valence-electron chi connectivity index (χ4n) is 2.54. The summed E-state index contributed by atoms with van der Waals surface area (Å²) in [5, 5.41) is 0. The van der Waals surface area contributed by atoms with E-state index in [1.807, 2.05) is 0 Å². The highest BCUT2D eigenvalue weighted by molar-refractivity contribution is 5.14. The zero-order valence-corrected chi connectivity index (χ0v) is 9.78. The molecule has 1 aliphatic heterocycles. The molecule has 0 N–H and O–H groups in total. The van der Waals surface area contributed by atoms with Gasteiger partial charge in [-0.15, -0.1) is 0 Å². The number of likely N-dealkylation sites (N-methyl/N-ethyl adjacent to an activating group) is 1. The first-order chi connectivity index (χ1) is 7.29. The number of benzene rings is 1. The van der Waals surface area contributed by atoms with E-state index in [4.69, 9.17) is 0 Å². The van der Waals surface area contributed by atoms with Gasteiger partial charge in [-0.3, -0.25) is 0 Å². The Kier molecular flexibility index (Phi) is 3.42. The number of likely N-dealkylation sites (tertiary alicyclic amines) is 1. The molecule has 0 bridgehead atoms. The third-order valence-electron chi connectivity index (χ3n) is 3.68. The molecule has 0 radical (unpaired) electrons. The second kappa shape index (κ2) is 4.80. The van der Waals surface area contributed by atoms with Crippen LogP contribution in [0.4, 0.5) is 0 Å². The van der Waals surface area contributed by atoms with Crippen molar-refractivity contribution < 1.29 is 4.48 Å². The Bertz CT molecular complexity index is 285. The molecule has 1 heteroatoms. The van der Waals surface area contributed by atoms with Gasteiger partial charge in [-0.1, -0.05) is 30.3 Å². The van der Waals surface area contributed by atoms with Gasteiger partial charge in [0.2, 0.25) is 0 Å². The van der Waals surface area contributed by atoms with Crippen LogP contribution in [0.1, 0.15) is 24.8 Å². The summed E-state index contributed by atoms with van der Waals surface area (Å²) in [7, 11) is 2.42. The molecular formula is C14H22N+. The molecule has 15 heavy (non-hydrogen) atoms. The molecule has 0 saturated carbocycles. The van der Waals surface area contributed by atoms with Gasteiger partial charge in [0.1, 0.15) is 0 Å². The van der Waals surface area contributed by atoms with Gasteiger partial charge in [0.25, 0.3) is 0 Å². The molecule has 1 nitrogen and oxygen atoms in total. The van der Waals surface area contributed by atoms with Crippen LogP contribution in [0, 0.1) is 0 Å². The third-order valence-corrected chi connectivity index (χ3v) is 3.68. The summed E-state index contributed by atoms with van der Waals surface area (Å²) >= 11 is 0. The topological polar surface area (TPSA) is 0 Å². The van der Waals surface area contributed by atoms with E-state index in [-0.39, 0.29) is 0 Å². The standard InChI is InChI=1S/C14H22N/c1-15(11-6-3-7-12-15)13-10-14-8-4-2-5-9-14/h2,4-5,8-9H,3,6-7,10-13H2,1H3/q+1. The lowest BCUT2D eigenvalue weighted by Crippen LogP contribution is -2.49. The Morgan fingerprint density at radius 1 is 1.00 bits per heavy atom. The minimum atomic E-state index is 1.23. The average Bonchev–Trinajstić information content (AvgIpc) is 2.29. The van der Waals surface area contributed by atoms with Crippen LogP contribution in [-0.2, 0) is 6.42 Å². The van der Waals surface area contributed by atoms with Crippen LogP contribution >= 0.6 is 0 Å². The lowest BCUT2D eigenvalue weighted by atomic mass is 10.1. The number of hydrogen-bond acceptors (Lipinski definition) is 0. The van der Waals surface area contributed by atoms with Gasteiger partial charge in [0.05, 0.1) is 26.7 Å². The zero-order chi connectivity index (χ0) is 10.6. The van der Waals surface area contributed by atoms with Gasteiger partial charge < -0.3 is 4.48 Å². The van der Waals surface area contributed by atoms with E-state index in [9.17, 15) is 0 Å². The van der Waals surface area contributed by atoms with Gasteiger partial charge in [-0.2, -0.15) is 0 Å². The van der Waals surface area contributed by atoms with E-state index in [0.717, 1.165) is 0 Å². The highest BCUT2D eigenvalue weighted by atomic mass is 15.3. The van der Waals surface area contributed by atoms with Crippen LogP contribution in [0.3, 0.4) is 0 Å². The second-order valence-corrected chi connectivity index (χ2v) is 5.09. The van der Waals surface area contributed by atoms with Crippen LogP contribution in [-0.4, -0.2) is 31.2 Å². The Morgan fingerprint density at radius 2 is 1.67 bits per heavy atom. The summed E-state index contributed by atoms with van der Waals surface area (Å²) in [5.74, 6) is 0. The second-order valence-electron chi connectivity index (χ2n) is 5.09. The molecule has 1 aromatic carbocycles. The number of hydrogen-bond donors (Lipinski definition) is 0. The smallest absolute Gasteiger partial charge is 0.0825 e. The van der Waals surface area contributed by atoms with E-state index < -0.39 is 0 Å². The molecule has 1 heterocycles. The molecule has 82 valence electrons. The SMILES string of the molecule is C[N+]1(CCc2ccccc2)CCCCC1. The van der Waals surface area contributed by atoms with Crippen LogP contribution in [0.5, 0.6) is 0 Å². The zero-order valence-electron chi connectivity index (χ0n) is 9.78. The van der Waals surface area contributed by atoms with Crippen molar-refractivity contribution >= 4 is 0 Å². The summed E-state index contributed by atoms with van der Waals surface area (Å²) in [6.07, 6.45) is 5.52. The Hall–Kier alpha value is -0.820. The van der Waals surface area contributed by atoms with E-state index in [1.165, 1.54) is 55.4 Å². The summed E-state index contributed by atoms with van der Waals surface area (Å²) in [4.78, 5) is 0. The molecule has 1 fully saturated rings. The van der Waals surface area contributed by atoms with Crippen LogP contribution in [0.25, 0.3) is 0 Å². The van der Waals surface area contributed by atoms with Crippen molar-refractivity contribution in [2.75, 3.05) is 26.7 Å². The largest absolute Gasteiger partial charge is 0.326 e. The maximum atomic E-state index is 2.42. The first kappa shape index (κ1) is 10.7. The highest BCUT2D eigenvalue weighted by Crippen LogP contribution is 2.17. The Morgan fingerprint density at radius 3 is 2.33 bits per heavy atom. The van der Waals surface area contributed by atoms with E-state index in [2.05, 4.69) is 37.4 Å². The molecule has 0 spiro atoms.